The molecule has 0 fully saturated rings. The second-order valence-electron chi connectivity index (χ2n) is 5.88. The fourth-order valence-corrected chi connectivity index (χ4v) is 3.55. The lowest BCUT2D eigenvalue weighted by atomic mass is 10.0. The standard InChI is InChI=1S/C9H8BrN3O.C9H9BrO2/c10-6-1-2-7-8(12-13-11)3-4-14-9(7)5-6;10-6-1-2-7-8(11)3-4-12-9(7)5-6/h1-2,5,8H,3-4H2;1-2,5,8,11H,3-4H2. The van der Waals surface area contributed by atoms with E-state index >= 15 is 0 Å². The van der Waals surface area contributed by atoms with Gasteiger partial charge in [-0.3, -0.25) is 0 Å². The van der Waals surface area contributed by atoms with Gasteiger partial charge in [0.25, 0.3) is 0 Å². The first kappa shape index (κ1) is 19.0. The minimum Gasteiger partial charge on any atom is -0.493 e. The van der Waals surface area contributed by atoms with Crippen LogP contribution in [0.5, 0.6) is 11.5 Å². The van der Waals surface area contributed by atoms with Crippen molar-refractivity contribution in [3.63, 3.8) is 0 Å². The van der Waals surface area contributed by atoms with Gasteiger partial charge in [0.1, 0.15) is 11.5 Å². The normalized spacial score (nSPS) is 20.1. The number of hydrogen-bond acceptors (Lipinski definition) is 4. The van der Waals surface area contributed by atoms with Crippen molar-refractivity contribution in [2.75, 3.05) is 13.2 Å². The lowest BCUT2D eigenvalue weighted by molar-refractivity contribution is 0.115. The summed E-state index contributed by atoms with van der Waals surface area (Å²) in [5.74, 6) is 1.60. The first-order valence-corrected chi connectivity index (χ1v) is 9.74. The summed E-state index contributed by atoms with van der Waals surface area (Å²) in [4.78, 5) is 2.84. The van der Waals surface area contributed by atoms with Crippen molar-refractivity contribution >= 4 is 31.9 Å². The van der Waals surface area contributed by atoms with E-state index in [9.17, 15) is 5.11 Å². The highest BCUT2D eigenvalue weighted by Gasteiger charge is 2.20. The van der Waals surface area contributed by atoms with Gasteiger partial charge in [-0.15, -0.1) is 0 Å². The van der Waals surface area contributed by atoms with Crippen LogP contribution in [-0.4, -0.2) is 18.3 Å². The van der Waals surface area contributed by atoms with E-state index < -0.39 is 0 Å². The smallest absolute Gasteiger partial charge is 0.126 e. The van der Waals surface area contributed by atoms with Crippen molar-refractivity contribution in [3.05, 3.63) is 66.9 Å². The first-order valence-electron chi connectivity index (χ1n) is 8.15. The zero-order valence-corrected chi connectivity index (χ0v) is 17.0. The summed E-state index contributed by atoms with van der Waals surface area (Å²) in [7, 11) is 0. The van der Waals surface area contributed by atoms with Gasteiger partial charge < -0.3 is 14.6 Å². The Morgan fingerprint density at radius 3 is 2.19 bits per heavy atom. The molecule has 26 heavy (non-hydrogen) atoms. The molecule has 2 unspecified atom stereocenters. The summed E-state index contributed by atoms with van der Waals surface area (Å²) in [6.07, 6.45) is 1.08. The van der Waals surface area contributed by atoms with Crippen molar-refractivity contribution < 1.29 is 14.6 Å². The minimum absolute atomic E-state index is 0.0863. The van der Waals surface area contributed by atoms with Crippen LogP contribution >= 0.6 is 31.9 Å². The SMILES string of the molecule is OC1CCOc2cc(Br)ccc21.[N-]=[N+]=NC1CCOc2cc(Br)ccc21. The lowest BCUT2D eigenvalue weighted by Crippen LogP contribution is -2.13. The monoisotopic (exact) mass is 481 g/mol. The number of ether oxygens (including phenoxy) is 2. The molecule has 4 rings (SSSR count). The Hall–Kier alpha value is -1.73. The van der Waals surface area contributed by atoms with Gasteiger partial charge in [0, 0.05) is 31.4 Å². The summed E-state index contributed by atoms with van der Waals surface area (Å²) in [6.45, 7) is 1.21. The van der Waals surface area contributed by atoms with Crippen LogP contribution in [0.2, 0.25) is 0 Å². The molecule has 136 valence electrons. The largest absolute Gasteiger partial charge is 0.493 e. The van der Waals surface area contributed by atoms with Crippen LogP contribution in [0.25, 0.3) is 10.4 Å². The van der Waals surface area contributed by atoms with Gasteiger partial charge in [0.15, 0.2) is 0 Å². The molecule has 0 saturated carbocycles. The van der Waals surface area contributed by atoms with E-state index in [1.165, 1.54) is 0 Å². The van der Waals surface area contributed by atoms with Crippen molar-refractivity contribution in [1.29, 1.82) is 0 Å². The van der Waals surface area contributed by atoms with E-state index in [4.69, 9.17) is 15.0 Å². The third-order valence-electron chi connectivity index (χ3n) is 4.16. The van der Waals surface area contributed by atoms with E-state index in [0.717, 1.165) is 38.0 Å². The van der Waals surface area contributed by atoms with E-state index in [2.05, 4.69) is 41.9 Å². The fraction of sp³-hybridized carbons (Fsp3) is 0.333. The molecular weight excluding hydrogens is 466 g/mol. The summed E-state index contributed by atoms with van der Waals surface area (Å²) in [5.41, 5.74) is 10.3. The molecule has 2 atom stereocenters. The van der Waals surface area contributed by atoms with Crippen LogP contribution in [0.4, 0.5) is 0 Å². The molecular formula is C18H17Br2N3O3. The van der Waals surface area contributed by atoms with Gasteiger partial charge in [-0.2, -0.15) is 0 Å². The number of rotatable bonds is 1. The highest BCUT2D eigenvalue weighted by molar-refractivity contribution is 9.10. The maximum absolute atomic E-state index is 9.56. The average molecular weight is 483 g/mol. The second kappa shape index (κ2) is 8.77. The molecule has 0 aliphatic carbocycles. The Balaban J connectivity index is 0.000000152. The maximum atomic E-state index is 9.56. The Morgan fingerprint density at radius 1 is 0.962 bits per heavy atom. The summed E-state index contributed by atoms with van der Waals surface area (Å²) in [5, 5.41) is 13.3. The molecule has 0 bridgehead atoms. The van der Waals surface area contributed by atoms with Crippen LogP contribution in [0.15, 0.2) is 50.5 Å². The number of halogens is 2. The number of hydrogen-bond donors (Lipinski definition) is 1. The fourth-order valence-electron chi connectivity index (χ4n) is 2.87. The lowest BCUT2D eigenvalue weighted by Gasteiger charge is -2.22. The molecule has 0 spiro atoms. The molecule has 8 heteroatoms. The second-order valence-corrected chi connectivity index (χ2v) is 7.71. The molecule has 0 aromatic heterocycles. The summed E-state index contributed by atoms with van der Waals surface area (Å²) in [6, 6.07) is 11.4. The van der Waals surface area contributed by atoms with E-state index in [1.807, 2.05) is 36.4 Å². The zero-order chi connectivity index (χ0) is 18.5. The average Bonchev–Trinajstić information content (AvgIpc) is 2.62. The topological polar surface area (TPSA) is 87.5 Å². The number of nitrogens with zero attached hydrogens (tertiary/aromatic N) is 3. The van der Waals surface area contributed by atoms with Gasteiger partial charge in [0.05, 0.1) is 25.4 Å². The Labute approximate surface area is 168 Å². The third kappa shape index (κ3) is 4.51. The molecule has 1 N–H and O–H groups in total. The van der Waals surface area contributed by atoms with Gasteiger partial charge in [0.2, 0.25) is 0 Å². The highest BCUT2D eigenvalue weighted by atomic mass is 79.9. The predicted molar refractivity (Wildman–Crippen MR) is 105 cm³/mol. The summed E-state index contributed by atoms with van der Waals surface area (Å²) >= 11 is 6.71. The first-order chi connectivity index (χ1) is 12.6. The van der Waals surface area contributed by atoms with Crippen molar-refractivity contribution in [2.45, 2.75) is 25.0 Å². The maximum Gasteiger partial charge on any atom is 0.126 e. The zero-order valence-electron chi connectivity index (χ0n) is 13.8. The van der Waals surface area contributed by atoms with E-state index in [1.54, 1.807) is 0 Å². The van der Waals surface area contributed by atoms with E-state index in [-0.39, 0.29) is 12.1 Å². The molecule has 2 aliphatic rings. The number of aliphatic hydroxyl groups is 1. The van der Waals surface area contributed by atoms with Crippen LogP contribution in [0.3, 0.4) is 0 Å². The van der Waals surface area contributed by atoms with Gasteiger partial charge in [-0.05, 0) is 36.2 Å². The molecule has 2 aromatic carbocycles. The minimum atomic E-state index is -0.359. The van der Waals surface area contributed by atoms with Crippen LogP contribution in [-0.2, 0) is 0 Å². The van der Waals surface area contributed by atoms with Crippen molar-refractivity contribution in [2.24, 2.45) is 5.11 Å². The van der Waals surface area contributed by atoms with Crippen molar-refractivity contribution in [1.82, 2.24) is 0 Å². The molecule has 2 aromatic rings. The van der Waals surface area contributed by atoms with Gasteiger partial charge in [-0.1, -0.05) is 49.1 Å². The Kier molecular flexibility index (Phi) is 6.43. The van der Waals surface area contributed by atoms with Crippen LogP contribution in [0.1, 0.15) is 36.1 Å². The quantitative estimate of drug-likeness (QED) is 0.314. The van der Waals surface area contributed by atoms with Gasteiger partial charge in [-0.25, -0.2) is 0 Å². The van der Waals surface area contributed by atoms with E-state index in [0.29, 0.717) is 19.6 Å². The van der Waals surface area contributed by atoms with Gasteiger partial charge >= 0.3 is 0 Å². The Bertz CT molecular complexity index is 840. The number of fused-ring (bicyclic) bond motifs is 2. The molecule has 0 amide bonds. The highest BCUT2D eigenvalue weighted by Crippen LogP contribution is 2.36. The number of aliphatic hydroxyl groups excluding tert-OH is 1. The molecule has 0 saturated heterocycles. The predicted octanol–water partition coefficient (Wildman–Crippen LogP) is 5.85. The Morgan fingerprint density at radius 2 is 1.54 bits per heavy atom. The number of azide groups is 1. The van der Waals surface area contributed by atoms with Crippen LogP contribution in [0, 0.1) is 0 Å². The molecule has 2 heterocycles. The molecule has 0 radical (unpaired) electrons. The number of benzene rings is 2. The molecule has 6 nitrogen and oxygen atoms in total. The third-order valence-corrected chi connectivity index (χ3v) is 5.14. The van der Waals surface area contributed by atoms with Crippen molar-refractivity contribution in [3.8, 4) is 11.5 Å². The summed E-state index contributed by atoms with van der Waals surface area (Å²) < 4.78 is 12.8. The van der Waals surface area contributed by atoms with Crippen LogP contribution < -0.4 is 9.47 Å². The molecule has 2 aliphatic heterocycles.